The average Bonchev–Trinajstić information content (AvgIpc) is 2.18. The molecule has 0 aliphatic heterocycles. The van der Waals surface area contributed by atoms with Gasteiger partial charge in [0.1, 0.15) is 5.78 Å². The molecule has 0 fully saturated rings. The van der Waals surface area contributed by atoms with E-state index < -0.39 is 0 Å². The summed E-state index contributed by atoms with van der Waals surface area (Å²) >= 11 is 0. The Kier molecular flexibility index (Phi) is 4.16. The van der Waals surface area contributed by atoms with Gasteiger partial charge in [-0.3, -0.25) is 0 Å². The summed E-state index contributed by atoms with van der Waals surface area (Å²) in [6, 6.07) is 4.82. The Morgan fingerprint density at radius 2 is 1.93 bits per heavy atom. The van der Waals surface area contributed by atoms with E-state index in [0.29, 0.717) is 6.42 Å². The van der Waals surface area contributed by atoms with Crippen molar-refractivity contribution in [3.05, 3.63) is 23.8 Å². The van der Waals surface area contributed by atoms with Crippen molar-refractivity contribution < 1.29 is 15.0 Å². The molecule has 2 N–H and O–H groups in total. The molecule has 0 aliphatic carbocycles. The van der Waals surface area contributed by atoms with Crippen molar-refractivity contribution in [3.8, 4) is 11.5 Å². The van der Waals surface area contributed by atoms with Crippen molar-refractivity contribution in [1.82, 2.24) is 0 Å². The van der Waals surface area contributed by atoms with Crippen LogP contribution in [-0.4, -0.2) is 16.0 Å². The Morgan fingerprint density at radius 3 is 2.53 bits per heavy atom. The highest BCUT2D eigenvalue weighted by atomic mass is 16.3. The Hall–Kier alpha value is -1.51. The van der Waals surface area contributed by atoms with Gasteiger partial charge in [-0.05, 0) is 43.9 Å². The lowest BCUT2D eigenvalue weighted by atomic mass is 10.1. The van der Waals surface area contributed by atoms with Crippen LogP contribution in [0.5, 0.6) is 11.5 Å². The minimum atomic E-state index is -0.0949. The van der Waals surface area contributed by atoms with Gasteiger partial charge in [-0.25, -0.2) is 0 Å². The van der Waals surface area contributed by atoms with Crippen LogP contribution >= 0.6 is 0 Å². The molecule has 0 radical (unpaired) electrons. The molecule has 1 aromatic carbocycles. The smallest absolute Gasteiger partial charge is 0.157 e. The van der Waals surface area contributed by atoms with E-state index in [4.69, 9.17) is 5.11 Å². The quantitative estimate of drug-likeness (QED) is 0.577. The largest absolute Gasteiger partial charge is 0.504 e. The zero-order chi connectivity index (χ0) is 11.3. The molecule has 15 heavy (non-hydrogen) atoms. The molecule has 3 heteroatoms. The van der Waals surface area contributed by atoms with Crippen LogP contribution in [0.3, 0.4) is 0 Å². The fourth-order valence-electron chi connectivity index (χ4n) is 1.43. The highest BCUT2D eigenvalue weighted by Crippen LogP contribution is 2.25. The van der Waals surface area contributed by atoms with Gasteiger partial charge in [0.15, 0.2) is 11.5 Å². The van der Waals surface area contributed by atoms with E-state index in [0.717, 1.165) is 24.8 Å². The van der Waals surface area contributed by atoms with Crippen LogP contribution < -0.4 is 0 Å². The van der Waals surface area contributed by atoms with Crippen LogP contribution in [0.15, 0.2) is 18.2 Å². The van der Waals surface area contributed by atoms with E-state index >= 15 is 0 Å². The third-order valence-electron chi connectivity index (χ3n) is 2.28. The molecular formula is C12H16O3. The lowest BCUT2D eigenvalue weighted by Crippen LogP contribution is -1.91. The lowest BCUT2D eigenvalue weighted by molar-refractivity contribution is -0.117. The van der Waals surface area contributed by atoms with Crippen molar-refractivity contribution in [3.63, 3.8) is 0 Å². The Morgan fingerprint density at radius 1 is 1.20 bits per heavy atom. The molecule has 0 aromatic heterocycles. The van der Waals surface area contributed by atoms with E-state index in [9.17, 15) is 9.90 Å². The van der Waals surface area contributed by atoms with E-state index in [1.54, 1.807) is 19.1 Å². The highest BCUT2D eigenvalue weighted by Gasteiger charge is 2.01. The van der Waals surface area contributed by atoms with Crippen LogP contribution in [-0.2, 0) is 11.2 Å². The molecule has 0 bridgehead atoms. The molecule has 0 atom stereocenters. The highest BCUT2D eigenvalue weighted by molar-refractivity contribution is 5.75. The van der Waals surface area contributed by atoms with Crippen molar-refractivity contribution in [1.29, 1.82) is 0 Å². The first kappa shape index (κ1) is 11.6. The summed E-state index contributed by atoms with van der Waals surface area (Å²) in [7, 11) is 0. The fourth-order valence-corrected chi connectivity index (χ4v) is 1.43. The number of aryl methyl sites for hydroxylation is 1. The zero-order valence-corrected chi connectivity index (χ0v) is 8.86. The number of phenols is 2. The lowest BCUT2D eigenvalue weighted by Gasteiger charge is -2.03. The topological polar surface area (TPSA) is 57.5 Å². The van der Waals surface area contributed by atoms with Crippen LogP contribution in [0, 0.1) is 0 Å². The van der Waals surface area contributed by atoms with Gasteiger partial charge < -0.3 is 15.0 Å². The standard InChI is InChI=1S/C12H16O3/c1-9(13)4-2-3-5-10-6-7-11(14)12(15)8-10/h6-8,14-15H,2-5H2,1H3. The second kappa shape index (κ2) is 5.39. The fraction of sp³-hybridized carbons (Fsp3) is 0.417. The Bertz CT molecular complexity index is 345. The number of phenolic OH excluding ortho intramolecular Hbond substituents is 2. The molecular weight excluding hydrogens is 192 g/mol. The van der Waals surface area contributed by atoms with Crippen molar-refractivity contribution in [2.24, 2.45) is 0 Å². The van der Waals surface area contributed by atoms with E-state index in [1.165, 1.54) is 6.07 Å². The van der Waals surface area contributed by atoms with Crippen molar-refractivity contribution in [2.45, 2.75) is 32.6 Å². The molecule has 0 heterocycles. The van der Waals surface area contributed by atoms with Gasteiger partial charge in [-0.2, -0.15) is 0 Å². The molecule has 0 unspecified atom stereocenters. The summed E-state index contributed by atoms with van der Waals surface area (Å²) < 4.78 is 0. The molecule has 0 spiro atoms. The van der Waals surface area contributed by atoms with Gasteiger partial charge in [-0.1, -0.05) is 6.07 Å². The molecule has 82 valence electrons. The number of hydrogen-bond acceptors (Lipinski definition) is 3. The number of hydrogen-bond donors (Lipinski definition) is 2. The summed E-state index contributed by atoms with van der Waals surface area (Å²) in [4.78, 5) is 10.7. The van der Waals surface area contributed by atoms with Crippen LogP contribution in [0.4, 0.5) is 0 Å². The SMILES string of the molecule is CC(=O)CCCCc1ccc(O)c(O)c1. The number of carbonyl (C=O) groups excluding carboxylic acids is 1. The number of ketones is 1. The molecule has 0 saturated carbocycles. The molecule has 3 nitrogen and oxygen atoms in total. The zero-order valence-electron chi connectivity index (χ0n) is 8.86. The van der Waals surface area contributed by atoms with Gasteiger partial charge in [0.25, 0.3) is 0 Å². The maximum Gasteiger partial charge on any atom is 0.157 e. The van der Waals surface area contributed by atoms with Gasteiger partial charge in [0, 0.05) is 6.42 Å². The van der Waals surface area contributed by atoms with Gasteiger partial charge in [0.05, 0.1) is 0 Å². The molecule has 0 aliphatic rings. The normalized spacial score (nSPS) is 10.2. The second-order valence-corrected chi connectivity index (χ2v) is 3.73. The summed E-state index contributed by atoms with van der Waals surface area (Å²) in [6.07, 6.45) is 3.23. The summed E-state index contributed by atoms with van der Waals surface area (Å²) in [5.74, 6) is 0.0325. The van der Waals surface area contributed by atoms with Crippen molar-refractivity contribution >= 4 is 5.78 Å². The maximum atomic E-state index is 10.7. The number of Topliss-reactive ketones (excluding diaryl/α,β-unsaturated/α-hetero) is 1. The summed E-state index contributed by atoms with van der Waals surface area (Å²) in [5, 5.41) is 18.3. The molecule has 0 saturated heterocycles. The number of aromatic hydroxyl groups is 2. The predicted octanol–water partition coefficient (Wildman–Crippen LogP) is 2.40. The number of benzene rings is 1. The molecule has 1 rings (SSSR count). The minimum Gasteiger partial charge on any atom is -0.504 e. The Labute approximate surface area is 89.4 Å². The third-order valence-corrected chi connectivity index (χ3v) is 2.28. The first-order valence-electron chi connectivity index (χ1n) is 5.10. The van der Waals surface area contributed by atoms with Crippen LogP contribution in [0.1, 0.15) is 31.7 Å². The monoisotopic (exact) mass is 208 g/mol. The number of carbonyl (C=O) groups is 1. The average molecular weight is 208 g/mol. The van der Waals surface area contributed by atoms with Gasteiger partial charge >= 0.3 is 0 Å². The minimum absolute atomic E-state index is 0.0842. The Balaban J connectivity index is 2.38. The first-order valence-corrected chi connectivity index (χ1v) is 5.10. The molecule has 0 amide bonds. The first-order chi connectivity index (χ1) is 7.09. The van der Waals surface area contributed by atoms with E-state index in [1.807, 2.05) is 0 Å². The number of rotatable bonds is 5. The van der Waals surface area contributed by atoms with Crippen molar-refractivity contribution in [2.75, 3.05) is 0 Å². The predicted molar refractivity (Wildman–Crippen MR) is 58.0 cm³/mol. The van der Waals surface area contributed by atoms with E-state index in [-0.39, 0.29) is 17.3 Å². The third kappa shape index (κ3) is 4.02. The van der Waals surface area contributed by atoms with Gasteiger partial charge in [-0.15, -0.1) is 0 Å². The van der Waals surface area contributed by atoms with Crippen LogP contribution in [0.25, 0.3) is 0 Å². The maximum absolute atomic E-state index is 10.7. The summed E-state index contributed by atoms with van der Waals surface area (Å²) in [6.45, 7) is 1.59. The number of unbranched alkanes of at least 4 members (excludes halogenated alkanes) is 1. The van der Waals surface area contributed by atoms with Crippen LogP contribution in [0.2, 0.25) is 0 Å². The summed E-state index contributed by atoms with van der Waals surface area (Å²) in [5.41, 5.74) is 0.980. The van der Waals surface area contributed by atoms with Gasteiger partial charge in [0.2, 0.25) is 0 Å². The molecule has 1 aromatic rings. The second-order valence-electron chi connectivity index (χ2n) is 3.73. The van der Waals surface area contributed by atoms with E-state index in [2.05, 4.69) is 0 Å².